The lowest BCUT2D eigenvalue weighted by atomic mass is 9.73. The maximum absolute atomic E-state index is 13.7. The Bertz CT molecular complexity index is 710. The Kier molecular flexibility index (Phi) is 5.67. The summed E-state index contributed by atoms with van der Waals surface area (Å²) in [6.45, 7) is 4.74. The number of carboxylic acid groups (broad SMARTS) is 1. The Morgan fingerprint density at radius 1 is 1.33 bits per heavy atom. The lowest BCUT2D eigenvalue weighted by Crippen LogP contribution is -2.61. The molecule has 0 radical (unpaired) electrons. The van der Waals surface area contributed by atoms with Crippen LogP contribution >= 0.6 is 0 Å². The predicted molar refractivity (Wildman–Crippen MR) is 93.5 cm³/mol. The van der Waals surface area contributed by atoms with Gasteiger partial charge in [-0.25, -0.2) is 9.18 Å². The van der Waals surface area contributed by atoms with Crippen LogP contribution in [-0.4, -0.2) is 60.1 Å². The van der Waals surface area contributed by atoms with Gasteiger partial charge in [-0.2, -0.15) is 0 Å². The van der Waals surface area contributed by atoms with Gasteiger partial charge in [-0.15, -0.1) is 0 Å². The molecule has 1 aromatic rings. The Morgan fingerprint density at radius 2 is 1.96 bits per heavy atom. The van der Waals surface area contributed by atoms with E-state index in [1.165, 1.54) is 23.1 Å². The van der Waals surface area contributed by atoms with Crippen molar-refractivity contribution >= 4 is 11.9 Å². The Labute approximate surface area is 157 Å². The molecule has 1 saturated heterocycles. The summed E-state index contributed by atoms with van der Waals surface area (Å²) in [5.74, 6) is -1.31. The minimum atomic E-state index is -1.00. The van der Waals surface area contributed by atoms with Crippen molar-refractivity contribution in [3.05, 3.63) is 29.6 Å². The van der Waals surface area contributed by atoms with E-state index in [9.17, 15) is 19.1 Å². The van der Waals surface area contributed by atoms with Crippen molar-refractivity contribution in [1.82, 2.24) is 4.90 Å². The van der Waals surface area contributed by atoms with Crippen LogP contribution < -0.4 is 4.74 Å². The lowest BCUT2D eigenvalue weighted by Gasteiger charge is -2.49. The second kappa shape index (κ2) is 7.82. The first-order chi connectivity index (χ1) is 12.9. The third-order valence-corrected chi connectivity index (χ3v) is 5.18. The minimum absolute atomic E-state index is 0.163. The zero-order valence-corrected chi connectivity index (χ0v) is 15.4. The summed E-state index contributed by atoms with van der Waals surface area (Å²) in [6, 6.07) is 3.86. The quantitative estimate of drug-likeness (QED) is 0.790. The number of hydrogen-bond acceptors (Lipinski definition) is 5. The normalized spacial score (nSPS) is 21.3. The highest BCUT2D eigenvalue weighted by Gasteiger charge is 2.55. The number of fused-ring (bicyclic) bond motifs is 1. The maximum atomic E-state index is 13.7. The molecule has 2 heterocycles. The molecule has 2 aliphatic rings. The van der Waals surface area contributed by atoms with Gasteiger partial charge in [-0.3, -0.25) is 4.79 Å². The number of benzene rings is 1. The molecular formula is C19H24FNO6. The van der Waals surface area contributed by atoms with E-state index in [2.05, 4.69) is 0 Å². The number of amides is 1. The van der Waals surface area contributed by atoms with E-state index >= 15 is 0 Å². The highest BCUT2D eigenvalue weighted by Crippen LogP contribution is 2.45. The lowest BCUT2D eigenvalue weighted by molar-refractivity contribution is -0.198. The molecule has 1 spiro atoms. The zero-order chi connectivity index (χ0) is 19.6. The summed E-state index contributed by atoms with van der Waals surface area (Å²) in [7, 11) is 0. The number of ketones is 1. The summed E-state index contributed by atoms with van der Waals surface area (Å²) < 4.78 is 31.3. The largest absolute Gasteiger partial charge is 0.485 e. The van der Waals surface area contributed by atoms with E-state index < -0.39 is 29.7 Å². The summed E-state index contributed by atoms with van der Waals surface area (Å²) in [5.41, 5.74) is -0.793. The molecule has 8 heteroatoms. The highest BCUT2D eigenvalue weighted by molar-refractivity contribution is 6.02. The van der Waals surface area contributed by atoms with Crippen LogP contribution in [0.15, 0.2) is 18.2 Å². The van der Waals surface area contributed by atoms with Crippen LogP contribution in [0.4, 0.5) is 9.18 Å². The number of ether oxygens (including phenoxy) is 3. The first-order valence-electron chi connectivity index (χ1n) is 9.15. The van der Waals surface area contributed by atoms with E-state index in [-0.39, 0.29) is 24.4 Å². The van der Waals surface area contributed by atoms with Crippen LogP contribution in [0.2, 0.25) is 0 Å². The van der Waals surface area contributed by atoms with Crippen molar-refractivity contribution in [2.75, 3.05) is 26.3 Å². The minimum Gasteiger partial charge on any atom is -0.485 e. The second-order valence-electron chi connectivity index (χ2n) is 6.70. The Morgan fingerprint density at radius 3 is 2.52 bits per heavy atom. The zero-order valence-electron chi connectivity index (χ0n) is 15.4. The molecule has 0 aromatic heterocycles. The molecule has 1 fully saturated rings. The standard InChI is InChI=1S/C19H24FNO6/c1-3-25-17(26-4-2)15-16(22)13-11-12(20)5-6-14(13)27-19(15)7-9-21(10-8-19)18(23)24/h5-6,11,15,17H,3-4,7-10H2,1-2H3,(H,23,24). The van der Waals surface area contributed by atoms with Crippen LogP contribution in [0.3, 0.4) is 0 Å². The van der Waals surface area contributed by atoms with Crippen molar-refractivity contribution in [1.29, 1.82) is 0 Å². The molecule has 0 saturated carbocycles. The number of Topliss-reactive ketones (excluding diaryl/α,β-unsaturated/α-hetero) is 1. The monoisotopic (exact) mass is 381 g/mol. The van der Waals surface area contributed by atoms with Gasteiger partial charge in [-0.05, 0) is 32.0 Å². The summed E-state index contributed by atoms with van der Waals surface area (Å²) in [4.78, 5) is 25.9. The van der Waals surface area contributed by atoms with Crippen molar-refractivity contribution in [2.24, 2.45) is 5.92 Å². The molecule has 1 atom stereocenters. The Balaban J connectivity index is 2.01. The number of hydrogen-bond donors (Lipinski definition) is 1. The van der Waals surface area contributed by atoms with Gasteiger partial charge in [0.2, 0.25) is 0 Å². The molecule has 3 rings (SSSR count). The van der Waals surface area contributed by atoms with Crippen LogP contribution in [0.1, 0.15) is 37.0 Å². The second-order valence-corrected chi connectivity index (χ2v) is 6.70. The highest BCUT2D eigenvalue weighted by atomic mass is 19.1. The first kappa shape index (κ1) is 19.6. The molecule has 0 bridgehead atoms. The molecule has 1 unspecified atom stereocenters. The predicted octanol–water partition coefficient (Wildman–Crippen LogP) is 2.93. The summed E-state index contributed by atoms with van der Waals surface area (Å²) >= 11 is 0. The van der Waals surface area contributed by atoms with Gasteiger partial charge >= 0.3 is 6.09 Å². The topological polar surface area (TPSA) is 85.3 Å². The first-order valence-corrected chi connectivity index (χ1v) is 9.15. The molecule has 148 valence electrons. The van der Waals surface area contributed by atoms with Crippen LogP contribution in [0.25, 0.3) is 0 Å². The SMILES string of the molecule is CCOC(OCC)C1C(=O)c2cc(F)ccc2OC12CCN(C(=O)O)CC2. The molecule has 1 N–H and O–H groups in total. The average molecular weight is 381 g/mol. The fraction of sp³-hybridized carbons (Fsp3) is 0.579. The molecule has 1 aromatic carbocycles. The number of rotatable bonds is 5. The van der Waals surface area contributed by atoms with E-state index in [0.29, 0.717) is 31.8 Å². The van der Waals surface area contributed by atoms with Gasteiger partial charge in [0, 0.05) is 39.1 Å². The van der Waals surface area contributed by atoms with Crippen molar-refractivity contribution in [3.63, 3.8) is 0 Å². The molecule has 27 heavy (non-hydrogen) atoms. The van der Waals surface area contributed by atoms with Gasteiger partial charge < -0.3 is 24.2 Å². The maximum Gasteiger partial charge on any atom is 0.407 e. The van der Waals surface area contributed by atoms with Crippen molar-refractivity contribution < 1.29 is 33.3 Å². The van der Waals surface area contributed by atoms with Gasteiger partial charge in [0.05, 0.1) is 5.56 Å². The molecule has 1 amide bonds. The van der Waals surface area contributed by atoms with Crippen molar-refractivity contribution in [3.8, 4) is 5.75 Å². The van der Waals surface area contributed by atoms with Crippen LogP contribution in [0.5, 0.6) is 5.75 Å². The van der Waals surface area contributed by atoms with Gasteiger partial charge in [-0.1, -0.05) is 0 Å². The number of piperidine rings is 1. The summed E-state index contributed by atoms with van der Waals surface area (Å²) in [6.07, 6.45) is -1.20. The van der Waals surface area contributed by atoms with Gasteiger partial charge in [0.15, 0.2) is 12.1 Å². The van der Waals surface area contributed by atoms with E-state index in [1.807, 2.05) is 0 Å². The number of carbonyl (C=O) groups excluding carboxylic acids is 1. The number of likely N-dealkylation sites (tertiary alicyclic amines) is 1. The third-order valence-electron chi connectivity index (χ3n) is 5.18. The number of halogens is 1. The van der Waals surface area contributed by atoms with Crippen LogP contribution in [0, 0.1) is 11.7 Å². The molecule has 7 nitrogen and oxygen atoms in total. The number of carbonyl (C=O) groups is 2. The molecule has 0 aliphatic carbocycles. The number of nitrogens with zero attached hydrogens (tertiary/aromatic N) is 1. The van der Waals surface area contributed by atoms with Gasteiger partial charge in [0.25, 0.3) is 0 Å². The smallest absolute Gasteiger partial charge is 0.407 e. The van der Waals surface area contributed by atoms with E-state index in [0.717, 1.165) is 0 Å². The third kappa shape index (κ3) is 3.64. The van der Waals surface area contributed by atoms with Gasteiger partial charge in [0.1, 0.15) is 23.1 Å². The van der Waals surface area contributed by atoms with E-state index in [4.69, 9.17) is 14.2 Å². The van der Waals surface area contributed by atoms with Crippen molar-refractivity contribution in [2.45, 2.75) is 38.6 Å². The average Bonchev–Trinajstić information content (AvgIpc) is 2.63. The fourth-order valence-electron chi connectivity index (χ4n) is 3.90. The van der Waals surface area contributed by atoms with E-state index in [1.54, 1.807) is 13.8 Å². The molecular weight excluding hydrogens is 357 g/mol. The molecule has 2 aliphatic heterocycles. The fourth-order valence-corrected chi connectivity index (χ4v) is 3.90. The Hall–Kier alpha value is -2.19. The van der Waals surface area contributed by atoms with Crippen LogP contribution in [-0.2, 0) is 9.47 Å². The summed E-state index contributed by atoms with van der Waals surface area (Å²) in [5, 5.41) is 9.24.